The van der Waals surface area contributed by atoms with Gasteiger partial charge in [0, 0.05) is 10.4 Å². The number of thiophene rings is 1. The summed E-state index contributed by atoms with van der Waals surface area (Å²) in [4.78, 5) is 1.33. The van der Waals surface area contributed by atoms with Crippen LogP contribution in [0.15, 0.2) is 36.4 Å². The molecule has 2 aromatic rings. The molecule has 16 heavy (non-hydrogen) atoms. The summed E-state index contributed by atoms with van der Waals surface area (Å²) in [6, 6.07) is 12.5. The molecule has 0 unspecified atom stereocenters. The van der Waals surface area contributed by atoms with Gasteiger partial charge in [0.1, 0.15) is 4.34 Å². The topological polar surface area (TPSA) is 0 Å². The summed E-state index contributed by atoms with van der Waals surface area (Å²) in [5.41, 5.74) is 2.51. The van der Waals surface area contributed by atoms with E-state index in [2.05, 4.69) is 39.0 Å². The molecule has 1 aromatic heterocycles. The van der Waals surface area contributed by atoms with Crippen molar-refractivity contribution in [2.24, 2.45) is 0 Å². The van der Waals surface area contributed by atoms with E-state index in [4.69, 9.17) is 11.6 Å². The Morgan fingerprint density at radius 2 is 1.69 bits per heavy atom. The molecule has 0 bridgehead atoms. The number of hydrogen-bond donors (Lipinski definition) is 0. The molecule has 2 heteroatoms. The van der Waals surface area contributed by atoms with Gasteiger partial charge in [0.15, 0.2) is 0 Å². The maximum atomic E-state index is 6.30. The Kier molecular flexibility index (Phi) is 3.09. The molecule has 0 radical (unpaired) electrons. The summed E-state index contributed by atoms with van der Waals surface area (Å²) in [5.74, 6) is 0. The SMILES string of the molecule is CC(C)(C)c1cc(-c2ccccc2)c(Cl)s1. The third kappa shape index (κ3) is 2.31. The van der Waals surface area contributed by atoms with E-state index in [0.717, 1.165) is 9.90 Å². The molecule has 84 valence electrons. The van der Waals surface area contributed by atoms with Crippen molar-refractivity contribution in [2.75, 3.05) is 0 Å². The molecule has 0 fully saturated rings. The van der Waals surface area contributed by atoms with Gasteiger partial charge < -0.3 is 0 Å². The Hall–Kier alpha value is -0.790. The van der Waals surface area contributed by atoms with Crippen molar-refractivity contribution in [3.63, 3.8) is 0 Å². The predicted octanol–water partition coefficient (Wildman–Crippen LogP) is 5.37. The van der Waals surface area contributed by atoms with Gasteiger partial charge in [0.05, 0.1) is 0 Å². The van der Waals surface area contributed by atoms with Gasteiger partial charge >= 0.3 is 0 Å². The first-order valence-electron chi connectivity index (χ1n) is 5.34. The van der Waals surface area contributed by atoms with E-state index in [1.165, 1.54) is 10.4 Å². The van der Waals surface area contributed by atoms with E-state index in [-0.39, 0.29) is 5.41 Å². The molecule has 0 spiro atoms. The molecule has 0 N–H and O–H groups in total. The Labute approximate surface area is 106 Å². The zero-order chi connectivity index (χ0) is 11.8. The molecule has 0 aliphatic carbocycles. The monoisotopic (exact) mass is 250 g/mol. The lowest BCUT2D eigenvalue weighted by atomic mass is 9.93. The van der Waals surface area contributed by atoms with E-state index in [1.807, 2.05) is 18.2 Å². The fourth-order valence-electron chi connectivity index (χ4n) is 1.55. The van der Waals surface area contributed by atoms with Crippen LogP contribution in [0.3, 0.4) is 0 Å². The molecule has 0 aliphatic rings. The quantitative estimate of drug-likeness (QED) is 0.639. The number of halogens is 1. The maximum absolute atomic E-state index is 6.30. The Balaban J connectivity index is 2.48. The van der Waals surface area contributed by atoms with Gasteiger partial charge in [-0.25, -0.2) is 0 Å². The van der Waals surface area contributed by atoms with Crippen LogP contribution >= 0.6 is 22.9 Å². The van der Waals surface area contributed by atoms with Crippen molar-refractivity contribution in [3.8, 4) is 11.1 Å². The minimum atomic E-state index is 0.168. The highest BCUT2D eigenvalue weighted by Gasteiger charge is 2.19. The van der Waals surface area contributed by atoms with Crippen molar-refractivity contribution in [3.05, 3.63) is 45.6 Å². The summed E-state index contributed by atoms with van der Waals surface area (Å²) in [6.45, 7) is 6.64. The fourth-order valence-corrected chi connectivity index (χ4v) is 2.93. The molecule has 1 heterocycles. The van der Waals surface area contributed by atoms with Gasteiger partial charge in [-0.2, -0.15) is 0 Å². The van der Waals surface area contributed by atoms with Crippen LogP contribution in [0, 0.1) is 0 Å². The second-order valence-electron chi connectivity index (χ2n) is 4.91. The molecular formula is C14H15ClS. The Morgan fingerprint density at radius 3 is 2.19 bits per heavy atom. The maximum Gasteiger partial charge on any atom is 0.101 e. The van der Waals surface area contributed by atoms with Crippen LogP contribution in [0.2, 0.25) is 4.34 Å². The highest BCUT2D eigenvalue weighted by atomic mass is 35.5. The average Bonchev–Trinajstić information content (AvgIpc) is 2.61. The third-order valence-electron chi connectivity index (χ3n) is 2.51. The predicted molar refractivity (Wildman–Crippen MR) is 73.5 cm³/mol. The van der Waals surface area contributed by atoms with Crippen molar-refractivity contribution in [2.45, 2.75) is 26.2 Å². The van der Waals surface area contributed by atoms with Crippen molar-refractivity contribution < 1.29 is 0 Å². The first kappa shape index (κ1) is 11.7. The van der Waals surface area contributed by atoms with Crippen LogP contribution in [0.4, 0.5) is 0 Å². The summed E-state index contributed by atoms with van der Waals surface area (Å²) >= 11 is 7.99. The Bertz CT molecular complexity index is 477. The summed E-state index contributed by atoms with van der Waals surface area (Å²) in [7, 11) is 0. The van der Waals surface area contributed by atoms with Crippen molar-refractivity contribution >= 4 is 22.9 Å². The minimum absolute atomic E-state index is 0.168. The summed E-state index contributed by atoms with van der Waals surface area (Å²) in [5, 5.41) is 0. The van der Waals surface area contributed by atoms with Crippen LogP contribution in [0.5, 0.6) is 0 Å². The van der Waals surface area contributed by atoms with Gasteiger partial charge in [-0.15, -0.1) is 11.3 Å². The van der Waals surface area contributed by atoms with Crippen LogP contribution in [0.25, 0.3) is 11.1 Å². The minimum Gasteiger partial charge on any atom is -0.127 e. The molecule has 0 nitrogen and oxygen atoms in total. The van der Waals surface area contributed by atoms with Crippen molar-refractivity contribution in [1.29, 1.82) is 0 Å². The van der Waals surface area contributed by atoms with Gasteiger partial charge in [-0.1, -0.05) is 62.7 Å². The first-order valence-corrected chi connectivity index (χ1v) is 6.53. The van der Waals surface area contributed by atoms with Gasteiger partial charge in [-0.05, 0) is 17.0 Å². The first-order chi connectivity index (χ1) is 7.48. The number of benzene rings is 1. The molecule has 0 amide bonds. The van der Waals surface area contributed by atoms with E-state index < -0.39 is 0 Å². The molecule has 1 aromatic carbocycles. The molecule has 0 atom stereocenters. The van der Waals surface area contributed by atoms with Gasteiger partial charge in [-0.3, -0.25) is 0 Å². The molecular weight excluding hydrogens is 236 g/mol. The lowest BCUT2D eigenvalue weighted by molar-refractivity contribution is 0.604. The van der Waals surface area contributed by atoms with Crippen LogP contribution in [-0.2, 0) is 5.41 Å². The molecule has 2 rings (SSSR count). The lowest BCUT2D eigenvalue weighted by Crippen LogP contribution is -2.07. The molecule has 0 saturated carbocycles. The van der Waals surface area contributed by atoms with Crippen LogP contribution in [-0.4, -0.2) is 0 Å². The lowest BCUT2D eigenvalue weighted by Gasteiger charge is -2.15. The van der Waals surface area contributed by atoms with E-state index >= 15 is 0 Å². The second-order valence-corrected chi connectivity index (χ2v) is 6.57. The second kappa shape index (κ2) is 4.23. The van der Waals surface area contributed by atoms with Gasteiger partial charge in [0.25, 0.3) is 0 Å². The number of rotatable bonds is 1. The molecule has 0 saturated heterocycles. The number of hydrogen-bond acceptors (Lipinski definition) is 1. The average molecular weight is 251 g/mol. The summed E-state index contributed by atoms with van der Waals surface area (Å²) in [6.07, 6.45) is 0. The van der Waals surface area contributed by atoms with Crippen LogP contribution in [0.1, 0.15) is 25.6 Å². The smallest absolute Gasteiger partial charge is 0.101 e. The zero-order valence-electron chi connectivity index (χ0n) is 9.75. The van der Waals surface area contributed by atoms with Crippen molar-refractivity contribution in [1.82, 2.24) is 0 Å². The highest BCUT2D eigenvalue weighted by Crippen LogP contribution is 2.40. The largest absolute Gasteiger partial charge is 0.127 e. The fraction of sp³-hybridized carbons (Fsp3) is 0.286. The highest BCUT2D eigenvalue weighted by molar-refractivity contribution is 7.17. The third-order valence-corrected chi connectivity index (χ3v) is 4.30. The summed E-state index contributed by atoms with van der Waals surface area (Å²) < 4.78 is 0.885. The van der Waals surface area contributed by atoms with Crippen LogP contribution < -0.4 is 0 Å². The standard InChI is InChI=1S/C14H15ClS/c1-14(2,3)12-9-11(13(15)16-12)10-7-5-4-6-8-10/h4-9H,1-3H3. The van der Waals surface area contributed by atoms with Gasteiger partial charge in [0.2, 0.25) is 0 Å². The zero-order valence-corrected chi connectivity index (χ0v) is 11.3. The normalized spacial score (nSPS) is 11.8. The molecule has 0 aliphatic heterocycles. The Morgan fingerprint density at radius 1 is 1.06 bits per heavy atom. The van der Waals surface area contributed by atoms with E-state index in [9.17, 15) is 0 Å². The van der Waals surface area contributed by atoms with E-state index in [0.29, 0.717) is 0 Å². The van der Waals surface area contributed by atoms with E-state index in [1.54, 1.807) is 11.3 Å².